The quantitative estimate of drug-likeness (QED) is 0.840. The maximum absolute atomic E-state index is 4.26. The van der Waals surface area contributed by atoms with Crippen LogP contribution in [0.3, 0.4) is 0 Å². The Labute approximate surface area is 121 Å². The number of aromatic nitrogens is 3. The van der Waals surface area contributed by atoms with Crippen molar-refractivity contribution in [2.45, 2.75) is 39.7 Å². The van der Waals surface area contributed by atoms with Crippen LogP contribution in [0.1, 0.15) is 45.3 Å². The molecule has 0 fully saturated rings. The molecule has 2 aromatic rings. The van der Waals surface area contributed by atoms with Gasteiger partial charge in [-0.25, -0.2) is 4.68 Å². The molecule has 4 heteroatoms. The molecule has 1 aromatic carbocycles. The molecule has 2 atom stereocenters. The lowest BCUT2D eigenvalue weighted by atomic mass is 9.94. The van der Waals surface area contributed by atoms with Crippen molar-refractivity contribution in [3.05, 3.63) is 42.2 Å². The van der Waals surface area contributed by atoms with Gasteiger partial charge in [0, 0.05) is 0 Å². The summed E-state index contributed by atoms with van der Waals surface area (Å²) in [6.45, 7) is 7.60. The first-order valence-electron chi connectivity index (χ1n) is 7.47. The average Bonchev–Trinajstić information content (AvgIpc) is 2.95. The van der Waals surface area contributed by atoms with Gasteiger partial charge in [0.1, 0.15) is 0 Å². The zero-order valence-electron chi connectivity index (χ0n) is 12.6. The topological polar surface area (TPSA) is 42.7 Å². The van der Waals surface area contributed by atoms with E-state index in [4.69, 9.17) is 0 Å². The van der Waals surface area contributed by atoms with Gasteiger partial charge in [-0.05, 0) is 31.0 Å². The normalized spacial score (nSPS) is 14.2. The minimum absolute atomic E-state index is 0.287. The van der Waals surface area contributed by atoms with Crippen LogP contribution in [0.5, 0.6) is 0 Å². The van der Waals surface area contributed by atoms with E-state index < -0.39 is 0 Å². The van der Waals surface area contributed by atoms with Gasteiger partial charge in [-0.15, -0.1) is 5.10 Å². The summed E-state index contributed by atoms with van der Waals surface area (Å²) in [6, 6.07) is 10.5. The van der Waals surface area contributed by atoms with Crippen LogP contribution in [0.2, 0.25) is 0 Å². The average molecular weight is 272 g/mol. The monoisotopic (exact) mass is 272 g/mol. The smallest absolute Gasteiger partial charge is 0.0817 e. The van der Waals surface area contributed by atoms with Gasteiger partial charge in [0.05, 0.1) is 23.6 Å². The fraction of sp³-hybridized carbons (Fsp3) is 0.500. The summed E-state index contributed by atoms with van der Waals surface area (Å²) in [5.74, 6) is 0.556. The van der Waals surface area contributed by atoms with Crippen molar-refractivity contribution in [3.63, 3.8) is 0 Å². The molecule has 0 spiro atoms. The Morgan fingerprint density at radius 1 is 1.20 bits per heavy atom. The van der Waals surface area contributed by atoms with E-state index in [1.807, 2.05) is 29.1 Å². The minimum atomic E-state index is 0.287. The van der Waals surface area contributed by atoms with E-state index in [0.717, 1.165) is 17.9 Å². The van der Waals surface area contributed by atoms with Gasteiger partial charge in [-0.2, -0.15) is 0 Å². The van der Waals surface area contributed by atoms with E-state index in [-0.39, 0.29) is 6.04 Å². The van der Waals surface area contributed by atoms with Gasteiger partial charge in [0.2, 0.25) is 0 Å². The van der Waals surface area contributed by atoms with Gasteiger partial charge in [0.25, 0.3) is 0 Å². The van der Waals surface area contributed by atoms with Crippen molar-refractivity contribution in [3.8, 4) is 5.69 Å². The molecule has 2 rings (SSSR count). The van der Waals surface area contributed by atoms with Crippen molar-refractivity contribution in [1.29, 1.82) is 0 Å². The molecule has 0 bridgehead atoms. The van der Waals surface area contributed by atoms with Crippen molar-refractivity contribution in [2.75, 3.05) is 6.54 Å². The number of hydrogen-bond acceptors (Lipinski definition) is 3. The van der Waals surface area contributed by atoms with Gasteiger partial charge in [-0.3, -0.25) is 0 Å². The summed E-state index contributed by atoms with van der Waals surface area (Å²) in [6.07, 6.45) is 4.26. The van der Waals surface area contributed by atoms with E-state index in [1.165, 1.54) is 12.8 Å². The van der Waals surface area contributed by atoms with Crippen LogP contribution in [-0.2, 0) is 0 Å². The highest BCUT2D eigenvalue weighted by Gasteiger charge is 2.22. The van der Waals surface area contributed by atoms with Gasteiger partial charge in [0.15, 0.2) is 0 Å². The molecule has 1 aromatic heterocycles. The molecule has 4 nitrogen and oxygen atoms in total. The highest BCUT2D eigenvalue weighted by Crippen LogP contribution is 2.26. The summed E-state index contributed by atoms with van der Waals surface area (Å²) < 4.78 is 1.94. The summed E-state index contributed by atoms with van der Waals surface area (Å²) in [7, 11) is 0. The van der Waals surface area contributed by atoms with Crippen molar-refractivity contribution in [1.82, 2.24) is 20.3 Å². The Morgan fingerprint density at radius 3 is 2.60 bits per heavy atom. The molecule has 0 saturated heterocycles. The molecular weight excluding hydrogens is 248 g/mol. The highest BCUT2D eigenvalue weighted by molar-refractivity contribution is 5.32. The second kappa shape index (κ2) is 7.20. The Kier molecular flexibility index (Phi) is 5.30. The lowest BCUT2D eigenvalue weighted by Crippen LogP contribution is -2.29. The van der Waals surface area contributed by atoms with Crippen molar-refractivity contribution >= 4 is 0 Å². The maximum atomic E-state index is 4.26. The number of nitrogens with one attached hydrogen (secondary N) is 1. The molecule has 1 heterocycles. The van der Waals surface area contributed by atoms with Gasteiger partial charge in [-0.1, -0.05) is 50.6 Å². The summed E-state index contributed by atoms with van der Waals surface area (Å²) in [4.78, 5) is 0. The first kappa shape index (κ1) is 14.7. The van der Waals surface area contributed by atoms with Crippen molar-refractivity contribution in [2.24, 2.45) is 5.92 Å². The van der Waals surface area contributed by atoms with Crippen molar-refractivity contribution < 1.29 is 0 Å². The zero-order valence-corrected chi connectivity index (χ0v) is 12.6. The fourth-order valence-corrected chi connectivity index (χ4v) is 2.66. The Bertz CT molecular complexity index is 506. The molecular formula is C16H24N4. The third-order valence-corrected chi connectivity index (χ3v) is 3.63. The van der Waals surface area contributed by atoms with Gasteiger partial charge < -0.3 is 5.32 Å². The number of benzene rings is 1. The van der Waals surface area contributed by atoms with E-state index in [2.05, 4.69) is 48.5 Å². The minimum Gasteiger partial charge on any atom is -0.309 e. The van der Waals surface area contributed by atoms with E-state index in [9.17, 15) is 0 Å². The SMILES string of the molecule is CCCC(C)C(NCC)c1cnnn1-c1ccccc1. The third-order valence-electron chi connectivity index (χ3n) is 3.63. The molecule has 20 heavy (non-hydrogen) atoms. The number of nitrogens with zero attached hydrogens (tertiary/aromatic N) is 3. The number of para-hydroxylation sites is 1. The molecule has 0 amide bonds. The first-order chi connectivity index (χ1) is 9.77. The number of hydrogen-bond donors (Lipinski definition) is 1. The van der Waals surface area contributed by atoms with E-state index in [1.54, 1.807) is 0 Å². The highest BCUT2D eigenvalue weighted by atomic mass is 15.4. The summed E-state index contributed by atoms with van der Waals surface area (Å²) >= 11 is 0. The zero-order chi connectivity index (χ0) is 14.4. The van der Waals surface area contributed by atoms with Gasteiger partial charge >= 0.3 is 0 Å². The summed E-state index contributed by atoms with van der Waals surface area (Å²) in [5.41, 5.74) is 2.20. The second-order valence-electron chi connectivity index (χ2n) is 5.21. The van der Waals surface area contributed by atoms with Crippen LogP contribution in [0.4, 0.5) is 0 Å². The fourth-order valence-electron chi connectivity index (χ4n) is 2.66. The Morgan fingerprint density at radius 2 is 1.95 bits per heavy atom. The van der Waals surface area contributed by atoms with Crippen LogP contribution in [0, 0.1) is 5.92 Å². The largest absolute Gasteiger partial charge is 0.309 e. The Balaban J connectivity index is 2.33. The number of rotatable bonds is 7. The lowest BCUT2D eigenvalue weighted by molar-refractivity contribution is 0.357. The first-order valence-corrected chi connectivity index (χ1v) is 7.47. The molecule has 108 valence electrons. The van der Waals surface area contributed by atoms with Crippen LogP contribution in [-0.4, -0.2) is 21.5 Å². The lowest BCUT2D eigenvalue weighted by Gasteiger charge is -2.24. The third kappa shape index (κ3) is 3.25. The predicted molar refractivity (Wildman–Crippen MR) is 81.8 cm³/mol. The molecule has 0 aliphatic carbocycles. The standard InChI is InChI=1S/C16H24N4/c1-4-9-13(3)16(17-5-2)15-12-18-19-20(15)14-10-7-6-8-11-14/h6-8,10-13,16-17H,4-5,9H2,1-3H3. The van der Waals surface area contributed by atoms with Crippen LogP contribution in [0.25, 0.3) is 5.69 Å². The van der Waals surface area contributed by atoms with Crippen LogP contribution in [0.15, 0.2) is 36.5 Å². The maximum Gasteiger partial charge on any atom is 0.0817 e. The Hall–Kier alpha value is -1.68. The summed E-state index contributed by atoms with van der Waals surface area (Å²) in [5, 5.41) is 12.0. The molecule has 1 N–H and O–H groups in total. The second-order valence-corrected chi connectivity index (χ2v) is 5.21. The molecule has 0 radical (unpaired) electrons. The molecule has 2 unspecified atom stereocenters. The van der Waals surface area contributed by atoms with Crippen LogP contribution < -0.4 is 5.32 Å². The van der Waals surface area contributed by atoms with Crippen LogP contribution >= 0.6 is 0 Å². The van der Waals surface area contributed by atoms with E-state index in [0.29, 0.717) is 5.92 Å². The predicted octanol–water partition coefficient (Wildman–Crippen LogP) is 3.35. The van der Waals surface area contributed by atoms with E-state index >= 15 is 0 Å². The molecule has 0 aliphatic rings. The molecule has 0 saturated carbocycles. The molecule has 0 aliphatic heterocycles.